The number of rotatable bonds is 2. The average molecular weight is 90.1 g/mol. The quantitative estimate of drug-likeness (QED) is 0.520. The van der Waals surface area contributed by atoms with E-state index in [-0.39, 0.29) is 5.92 Å². The van der Waals surface area contributed by atoms with E-state index in [1.54, 1.807) is 0 Å². The Morgan fingerprint density at radius 3 is 2.33 bits per heavy atom. The van der Waals surface area contributed by atoms with Crippen molar-refractivity contribution in [2.24, 2.45) is 11.7 Å². The fourth-order valence-electron chi connectivity index (χ4n) is 0.0630. The first-order valence-corrected chi connectivity index (χ1v) is 1.90. The second-order valence-electron chi connectivity index (χ2n) is 1.26. The molecule has 37 valence electrons. The molecule has 1 atom stereocenters. The van der Waals surface area contributed by atoms with Crippen LogP contribution in [-0.4, -0.2) is 13.2 Å². The number of hydrogen-bond acceptors (Lipinski definition) is 1. The summed E-state index contributed by atoms with van der Waals surface area (Å²) >= 11 is 0. The zero-order chi connectivity index (χ0) is 4.99. The first-order valence-electron chi connectivity index (χ1n) is 1.90. The van der Waals surface area contributed by atoms with Crippen molar-refractivity contribution in [3.63, 3.8) is 0 Å². The molecule has 0 saturated heterocycles. The minimum absolute atomic E-state index is 0.204. The van der Waals surface area contributed by atoms with E-state index < -0.39 is 6.67 Å². The van der Waals surface area contributed by atoms with E-state index >= 15 is 0 Å². The molecule has 0 aromatic rings. The summed E-state index contributed by atoms with van der Waals surface area (Å²) < 4.78 is 11.2. The molecule has 0 rings (SSSR count). The summed E-state index contributed by atoms with van der Waals surface area (Å²) in [6.07, 6.45) is 0. The van der Waals surface area contributed by atoms with E-state index in [0.29, 0.717) is 6.54 Å². The van der Waals surface area contributed by atoms with Crippen molar-refractivity contribution in [2.45, 2.75) is 0 Å². The number of nitrogens with two attached hydrogens (primary N) is 1. The smallest absolute Gasteiger partial charge is 0.0934 e. The maximum atomic E-state index is 11.2. The molecule has 0 bridgehead atoms. The average Bonchev–Trinajstić information content (AvgIpc) is 1.65. The van der Waals surface area contributed by atoms with Crippen molar-refractivity contribution in [1.29, 1.82) is 0 Å². The standard InChI is InChI=1S/C4H9FN/c1-4(2-5)3-6/h4H,1-3,6H2. The molecule has 0 saturated carbocycles. The second kappa shape index (κ2) is 3.09. The molecule has 1 nitrogen and oxygen atoms in total. The van der Waals surface area contributed by atoms with Crippen LogP contribution in [0.15, 0.2) is 0 Å². The van der Waals surface area contributed by atoms with Crippen LogP contribution in [0.4, 0.5) is 4.39 Å². The second-order valence-corrected chi connectivity index (χ2v) is 1.26. The van der Waals surface area contributed by atoms with Crippen LogP contribution in [-0.2, 0) is 0 Å². The van der Waals surface area contributed by atoms with Gasteiger partial charge in [0.05, 0.1) is 6.67 Å². The molecular formula is C4H9FN. The van der Waals surface area contributed by atoms with Crippen molar-refractivity contribution < 1.29 is 4.39 Å². The first-order chi connectivity index (χ1) is 2.81. The van der Waals surface area contributed by atoms with Crippen LogP contribution >= 0.6 is 0 Å². The summed E-state index contributed by atoms with van der Waals surface area (Å²) in [5, 5.41) is 0. The normalized spacial score (nSPS) is 14.5. The fourth-order valence-corrected chi connectivity index (χ4v) is 0.0630. The van der Waals surface area contributed by atoms with Gasteiger partial charge >= 0.3 is 0 Å². The van der Waals surface area contributed by atoms with E-state index in [9.17, 15) is 4.39 Å². The van der Waals surface area contributed by atoms with E-state index in [1.807, 2.05) is 0 Å². The molecule has 0 aromatic heterocycles. The molecule has 6 heavy (non-hydrogen) atoms. The first kappa shape index (κ1) is 5.89. The van der Waals surface area contributed by atoms with Gasteiger partial charge in [-0.05, 0) is 19.4 Å². The van der Waals surface area contributed by atoms with Crippen LogP contribution < -0.4 is 5.73 Å². The number of halogens is 1. The maximum Gasteiger partial charge on any atom is 0.0934 e. The van der Waals surface area contributed by atoms with Crippen molar-refractivity contribution in [1.82, 2.24) is 0 Å². The Balaban J connectivity index is 2.75. The van der Waals surface area contributed by atoms with E-state index in [2.05, 4.69) is 6.92 Å². The fraction of sp³-hybridized carbons (Fsp3) is 0.750. The van der Waals surface area contributed by atoms with Gasteiger partial charge in [-0.15, -0.1) is 0 Å². The maximum absolute atomic E-state index is 11.2. The molecule has 0 spiro atoms. The third kappa shape index (κ3) is 2.15. The summed E-state index contributed by atoms with van der Waals surface area (Å²) in [6.45, 7) is 3.31. The van der Waals surface area contributed by atoms with Crippen molar-refractivity contribution >= 4 is 0 Å². The Hall–Kier alpha value is -0.110. The highest BCUT2D eigenvalue weighted by atomic mass is 19.1. The Labute approximate surface area is 37.3 Å². The van der Waals surface area contributed by atoms with Gasteiger partial charge in [-0.3, -0.25) is 4.39 Å². The van der Waals surface area contributed by atoms with Gasteiger partial charge in [0.15, 0.2) is 0 Å². The van der Waals surface area contributed by atoms with Crippen LogP contribution in [0.1, 0.15) is 0 Å². The van der Waals surface area contributed by atoms with Gasteiger partial charge in [0.2, 0.25) is 0 Å². The molecule has 0 amide bonds. The van der Waals surface area contributed by atoms with Gasteiger partial charge in [0.1, 0.15) is 0 Å². The van der Waals surface area contributed by atoms with Gasteiger partial charge in [-0.2, -0.15) is 0 Å². The Morgan fingerprint density at radius 2 is 2.33 bits per heavy atom. The molecule has 1 radical (unpaired) electrons. The topological polar surface area (TPSA) is 26.0 Å². The third-order valence-corrected chi connectivity index (χ3v) is 0.552. The molecule has 2 heteroatoms. The van der Waals surface area contributed by atoms with E-state index in [1.165, 1.54) is 0 Å². The van der Waals surface area contributed by atoms with E-state index in [4.69, 9.17) is 5.73 Å². The highest BCUT2D eigenvalue weighted by Gasteiger charge is 1.92. The zero-order valence-electron chi connectivity index (χ0n) is 3.65. The zero-order valence-corrected chi connectivity index (χ0v) is 3.65. The predicted molar refractivity (Wildman–Crippen MR) is 23.9 cm³/mol. The van der Waals surface area contributed by atoms with Crippen molar-refractivity contribution in [3.8, 4) is 0 Å². The molecular weight excluding hydrogens is 81.0 g/mol. The lowest BCUT2D eigenvalue weighted by atomic mass is 10.2. The van der Waals surface area contributed by atoms with Gasteiger partial charge in [-0.1, -0.05) is 0 Å². The summed E-state index contributed by atoms with van der Waals surface area (Å²) in [5.74, 6) is -0.204. The molecule has 2 N–H and O–H groups in total. The molecule has 0 aliphatic rings. The predicted octanol–water partition coefficient (Wildman–Crippen LogP) is 0.365. The summed E-state index contributed by atoms with van der Waals surface area (Å²) in [5.41, 5.74) is 4.98. The van der Waals surface area contributed by atoms with Crippen LogP contribution in [0, 0.1) is 12.8 Å². The number of hydrogen-bond donors (Lipinski definition) is 1. The van der Waals surface area contributed by atoms with Crippen LogP contribution in [0.2, 0.25) is 0 Å². The van der Waals surface area contributed by atoms with Gasteiger partial charge in [-0.25, -0.2) is 0 Å². The Kier molecular flexibility index (Phi) is 3.04. The highest BCUT2D eigenvalue weighted by Crippen LogP contribution is 1.87. The van der Waals surface area contributed by atoms with Crippen LogP contribution in [0.25, 0.3) is 0 Å². The highest BCUT2D eigenvalue weighted by molar-refractivity contribution is 4.57. The SMILES string of the molecule is [CH2]C(CN)CF. The van der Waals surface area contributed by atoms with E-state index in [0.717, 1.165) is 0 Å². The molecule has 0 heterocycles. The minimum atomic E-state index is -0.406. The summed E-state index contributed by atoms with van der Waals surface area (Å²) in [7, 11) is 0. The molecule has 1 unspecified atom stereocenters. The molecule has 0 aliphatic heterocycles. The minimum Gasteiger partial charge on any atom is -0.330 e. The largest absolute Gasteiger partial charge is 0.330 e. The Morgan fingerprint density at radius 1 is 1.83 bits per heavy atom. The van der Waals surface area contributed by atoms with Gasteiger partial charge < -0.3 is 5.73 Å². The third-order valence-electron chi connectivity index (χ3n) is 0.552. The van der Waals surface area contributed by atoms with Crippen LogP contribution in [0.3, 0.4) is 0 Å². The lowest BCUT2D eigenvalue weighted by Crippen LogP contribution is -2.11. The van der Waals surface area contributed by atoms with Crippen LogP contribution in [0.5, 0.6) is 0 Å². The van der Waals surface area contributed by atoms with Crippen molar-refractivity contribution in [3.05, 3.63) is 6.92 Å². The monoisotopic (exact) mass is 90.1 g/mol. The Bertz CT molecular complexity index is 26.7. The lowest BCUT2D eigenvalue weighted by molar-refractivity contribution is 0.414. The van der Waals surface area contributed by atoms with Gasteiger partial charge in [0.25, 0.3) is 0 Å². The molecule has 0 aliphatic carbocycles. The van der Waals surface area contributed by atoms with Crippen molar-refractivity contribution in [2.75, 3.05) is 13.2 Å². The summed E-state index contributed by atoms with van der Waals surface area (Å²) in [4.78, 5) is 0. The van der Waals surface area contributed by atoms with Gasteiger partial charge in [0, 0.05) is 0 Å². The number of alkyl halides is 1. The summed E-state index contributed by atoms with van der Waals surface area (Å²) in [6, 6.07) is 0. The molecule has 0 fully saturated rings. The molecule has 0 aromatic carbocycles. The lowest BCUT2D eigenvalue weighted by Gasteiger charge is -1.95.